The number of morpholine rings is 1. The molecule has 0 atom stereocenters. The molecule has 58 valence electrons. The standard InChI is InChI=1S/C7H13NO2/c1-7(9)6-8-2-4-10-5-3-8/h2-6H2,1H3/i7+1,10+2. The lowest BCUT2D eigenvalue weighted by atomic mass is 10.5. The minimum Gasteiger partial charge on any atom is -0.379 e. The van der Waals surface area contributed by atoms with Crippen LogP contribution in [0.25, 0.3) is 0 Å². The van der Waals surface area contributed by atoms with Crippen LogP contribution >= 0.6 is 0 Å². The highest BCUT2D eigenvalue weighted by Gasteiger charge is 2.10. The van der Waals surface area contributed by atoms with Crippen molar-refractivity contribution in [1.29, 1.82) is 0 Å². The van der Waals surface area contributed by atoms with E-state index in [1.54, 1.807) is 6.92 Å². The highest BCUT2D eigenvalue weighted by molar-refractivity contribution is 5.77. The van der Waals surface area contributed by atoms with Gasteiger partial charge in [-0.1, -0.05) is 0 Å². The third kappa shape index (κ3) is 2.45. The van der Waals surface area contributed by atoms with Gasteiger partial charge >= 0.3 is 0 Å². The number of Topliss-reactive ketones (excluding diaryl/α,β-unsaturated/α-hetero) is 1. The van der Waals surface area contributed by atoms with Crippen LogP contribution in [-0.2, 0) is 9.53 Å². The molecule has 0 aromatic rings. The Morgan fingerprint density at radius 3 is 2.60 bits per heavy atom. The summed E-state index contributed by atoms with van der Waals surface area (Å²) in [4.78, 5) is 12.7. The van der Waals surface area contributed by atoms with Crippen LogP contribution in [-0.4, -0.2) is 43.5 Å². The Bertz CT molecular complexity index is 119. The van der Waals surface area contributed by atoms with E-state index in [2.05, 4.69) is 4.90 Å². The minimum atomic E-state index is 0.238. The zero-order valence-electron chi connectivity index (χ0n) is 6.30. The molecule has 0 radical (unpaired) electrons. The first-order valence-corrected chi connectivity index (χ1v) is 3.58. The first kappa shape index (κ1) is 7.69. The first-order valence-electron chi connectivity index (χ1n) is 3.58. The van der Waals surface area contributed by atoms with Gasteiger partial charge in [-0.3, -0.25) is 9.69 Å². The topological polar surface area (TPSA) is 29.5 Å². The Kier molecular flexibility index (Phi) is 2.83. The molecule has 1 saturated heterocycles. The van der Waals surface area contributed by atoms with Crippen molar-refractivity contribution < 1.29 is 9.53 Å². The minimum absolute atomic E-state index is 0.238. The summed E-state index contributed by atoms with van der Waals surface area (Å²) in [5, 5.41) is 0. The predicted molar refractivity (Wildman–Crippen MR) is 37.9 cm³/mol. The summed E-state index contributed by atoms with van der Waals surface area (Å²) in [6.45, 7) is 5.55. The second kappa shape index (κ2) is 3.68. The van der Waals surface area contributed by atoms with Gasteiger partial charge in [-0.05, 0) is 6.92 Å². The largest absolute Gasteiger partial charge is 0.379 e. The highest BCUT2D eigenvalue weighted by atomic mass is 18.3. The quantitative estimate of drug-likeness (QED) is 0.402. The fourth-order valence-corrected chi connectivity index (χ4v) is 1.07. The third-order valence-electron chi connectivity index (χ3n) is 1.55. The van der Waals surface area contributed by atoms with Crippen LogP contribution in [0.2, 0.25) is 0 Å². The van der Waals surface area contributed by atoms with Crippen LogP contribution in [0.3, 0.4) is 0 Å². The fourth-order valence-electron chi connectivity index (χ4n) is 1.07. The lowest BCUT2D eigenvalue weighted by molar-refractivity contribution is -0.119. The Labute approximate surface area is 61.0 Å². The van der Waals surface area contributed by atoms with E-state index in [4.69, 9.17) is 4.74 Å². The van der Waals surface area contributed by atoms with Gasteiger partial charge in [-0.15, -0.1) is 0 Å². The molecular weight excluding hydrogens is 133 g/mol. The molecular formula is C7H13NO2. The van der Waals surface area contributed by atoms with Crippen molar-refractivity contribution in [1.82, 2.24) is 4.90 Å². The van der Waals surface area contributed by atoms with E-state index < -0.39 is 0 Å². The van der Waals surface area contributed by atoms with Gasteiger partial charge in [0, 0.05) is 13.1 Å². The van der Waals surface area contributed by atoms with Crippen LogP contribution in [0.1, 0.15) is 6.92 Å². The van der Waals surface area contributed by atoms with Gasteiger partial charge in [0.1, 0.15) is 5.78 Å². The maximum Gasteiger partial charge on any atom is 0.143 e. The van der Waals surface area contributed by atoms with E-state index in [1.807, 2.05) is 0 Å². The van der Waals surface area contributed by atoms with Gasteiger partial charge in [-0.25, -0.2) is 0 Å². The van der Waals surface area contributed by atoms with Crippen molar-refractivity contribution in [3.8, 4) is 0 Å². The number of rotatable bonds is 2. The van der Waals surface area contributed by atoms with Crippen LogP contribution < -0.4 is 0 Å². The normalized spacial score (nSPS) is 20.9. The summed E-state index contributed by atoms with van der Waals surface area (Å²) in [7, 11) is 0. The summed E-state index contributed by atoms with van der Waals surface area (Å²) in [6.07, 6.45) is 0. The summed E-state index contributed by atoms with van der Waals surface area (Å²) >= 11 is 0. The molecule has 0 aromatic heterocycles. The number of ketones is 1. The van der Waals surface area contributed by atoms with E-state index in [0.717, 1.165) is 26.3 Å². The zero-order chi connectivity index (χ0) is 7.40. The summed E-state index contributed by atoms with van der Waals surface area (Å²) in [6, 6.07) is 0. The van der Waals surface area contributed by atoms with Gasteiger partial charge in [0.15, 0.2) is 0 Å². The average Bonchev–Trinajstić information content (AvgIpc) is 1.88. The van der Waals surface area contributed by atoms with Gasteiger partial charge in [0.2, 0.25) is 0 Å². The second-order valence-corrected chi connectivity index (χ2v) is 2.59. The van der Waals surface area contributed by atoms with Crippen LogP contribution in [0, 0.1) is 0 Å². The molecule has 0 unspecified atom stereocenters. The molecule has 0 N–H and O–H groups in total. The van der Waals surface area contributed by atoms with Gasteiger partial charge < -0.3 is 4.74 Å². The van der Waals surface area contributed by atoms with Crippen LogP contribution in [0.5, 0.6) is 0 Å². The average molecular weight is 146 g/mol. The number of hydrogen-bond acceptors (Lipinski definition) is 3. The molecule has 0 aliphatic carbocycles. The maximum absolute atomic E-state index is 10.6. The zero-order valence-corrected chi connectivity index (χ0v) is 6.30. The molecule has 3 nitrogen and oxygen atoms in total. The first-order chi connectivity index (χ1) is 4.79. The van der Waals surface area contributed by atoms with E-state index in [0.29, 0.717) is 6.54 Å². The molecule has 1 heterocycles. The second-order valence-electron chi connectivity index (χ2n) is 2.59. The van der Waals surface area contributed by atoms with Crippen LogP contribution in [0.4, 0.5) is 0 Å². The van der Waals surface area contributed by atoms with E-state index in [9.17, 15) is 4.79 Å². The summed E-state index contributed by atoms with van der Waals surface area (Å²) < 4.78 is 5.13. The number of hydrogen-bond donors (Lipinski definition) is 0. The van der Waals surface area contributed by atoms with Crippen molar-refractivity contribution in [2.45, 2.75) is 6.92 Å². The van der Waals surface area contributed by atoms with Crippen molar-refractivity contribution >= 4 is 5.78 Å². The molecule has 0 aromatic carbocycles. The molecule has 0 spiro atoms. The molecule has 1 fully saturated rings. The van der Waals surface area contributed by atoms with E-state index >= 15 is 0 Å². The Morgan fingerprint density at radius 1 is 1.50 bits per heavy atom. The molecule has 3 heteroatoms. The molecule has 0 saturated carbocycles. The van der Waals surface area contributed by atoms with Gasteiger partial charge in [0.25, 0.3) is 0 Å². The Hall–Kier alpha value is -0.410. The van der Waals surface area contributed by atoms with Crippen LogP contribution in [0.15, 0.2) is 0 Å². The Morgan fingerprint density at radius 2 is 2.10 bits per heavy atom. The monoisotopic (exact) mass is 146 g/mol. The van der Waals surface area contributed by atoms with E-state index in [-0.39, 0.29) is 5.78 Å². The predicted octanol–water partition coefficient (Wildman–Crippen LogP) is -0.0924. The van der Waals surface area contributed by atoms with Gasteiger partial charge in [-0.2, -0.15) is 0 Å². The number of nitrogens with zero attached hydrogens (tertiary/aromatic N) is 1. The smallest absolute Gasteiger partial charge is 0.143 e. The van der Waals surface area contributed by atoms with E-state index in [1.165, 1.54) is 0 Å². The highest BCUT2D eigenvalue weighted by Crippen LogP contribution is 1.95. The van der Waals surface area contributed by atoms with Crippen molar-refractivity contribution in [2.24, 2.45) is 0 Å². The molecule has 0 bridgehead atoms. The molecule has 1 rings (SSSR count). The lowest BCUT2D eigenvalue weighted by Crippen LogP contribution is -2.38. The number of carbonyl (C=O) groups excluding carboxylic acids is 1. The fraction of sp³-hybridized carbons (Fsp3) is 0.857. The Balaban J connectivity index is 2.19. The molecule has 1 aliphatic rings. The SMILES string of the molecule is C[13C](=O)CN1CC[18O]CC1. The molecule has 1 aliphatic heterocycles. The third-order valence-corrected chi connectivity index (χ3v) is 1.55. The summed E-state index contributed by atoms with van der Waals surface area (Å²) in [5.74, 6) is 0.238. The van der Waals surface area contributed by atoms with Crippen molar-refractivity contribution in [3.05, 3.63) is 0 Å². The van der Waals surface area contributed by atoms with Gasteiger partial charge in [0.05, 0.1) is 19.8 Å². The number of carbonyl (C=O) groups is 1. The number of ether oxygens (including phenoxy) is 1. The maximum atomic E-state index is 10.6. The molecule has 10 heavy (non-hydrogen) atoms. The molecule has 0 amide bonds. The summed E-state index contributed by atoms with van der Waals surface area (Å²) in [5.41, 5.74) is 0. The van der Waals surface area contributed by atoms with Crippen molar-refractivity contribution in [2.75, 3.05) is 32.8 Å². The lowest BCUT2D eigenvalue weighted by Gasteiger charge is -2.25. The van der Waals surface area contributed by atoms with Crippen molar-refractivity contribution in [3.63, 3.8) is 0 Å².